The summed E-state index contributed by atoms with van der Waals surface area (Å²) in [7, 11) is 0. The van der Waals surface area contributed by atoms with Crippen LogP contribution >= 0.6 is 0 Å². The van der Waals surface area contributed by atoms with Gasteiger partial charge in [0.05, 0.1) is 0 Å². The largest absolute Gasteiger partial charge is 0.486 e. The third-order valence-corrected chi connectivity index (χ3v) is 4.28. The fourth-order valence-corrected chi connectivity index (χ4v) is 2.77. The van der Waals surface area contributed by atoms with Gasteiger partial charge in [-0.1, -0.05) is 12.1 Å². The number of benzene rings is 1. The third-order valence-electron chi connectivity index (χ3n) is 4.28. The van der Waals surface area contributed by atoms with Crippen molar-refractivity contribution < 1.29 is 14.3 Å². The highest BCUT2D eigenvalue weighted by atomic mass is 16.6. The Morgan fingerprint density at radius 2 is 2.04 bits per heavy atom. The molecule has 2 aliphatic rings. The second-order valence-electron chi connectivity index (χ2n) is 6.32. The molecule has 1 aromatic carbocycles. The summed E-state index contributed by atoms with van der Waals surface area (Å²) in [5, 5.41) is 3.00. The molecule has 0 radical (unpaired) electrons. The van der Waals surface area contributed by atoms with Gasteiger partial charge in [-0.2, -0.15) is 0 Å². The van der Waals surface area contributed by atoms with Crippen molar-refractivity contribution in [1.29, 1.82) is 0 Å². The lowest BCUT2D eigenvalue weighted by atomic mass is 10.1. The van der Waals surface area contributed by atoms with Gasteiger partial charge in [-0.25, -0.2) is 0 Å². The molecule has 1 saturated carbocycles. The summed E-state index contributed by atoms with van der Waals surface area (Å²) in [6.07, 6.45) is 5.43. The Labute approximate surface area is 141 Å². The van der Waals surface area contributed by atoms with Crippen LogP contribution in [0.1, 0.15) is 35.3 Å². The van der Waals surface area contributed by atoms with Crippen molar-refractivity contribution in [2.45, 2.75) is 37.8 Å². The molecule has 5 nitrogen and oxygen atoms in total. The van der Waals surface area contributed by atoms with Crippen LogP contribution in [0.3, 0.4) is 0 Å². The van der Waals surface area contributed by atoms with E-state index in [2.05, 4.69) is 10.3 Å². The summed E-state index contributed by atoms with van der Waals surface area (Å²) in [5.74, 6) is 1.58. The molecule has 2 aromatic rings. The van der Waals surface area contributed by atoms with Crippen molar-refractivity contribution in [2.24, 2.45) is 0 Å². The van der Waals surface area contributed by atoms with Crippen LogP contribution in [0.4, 0.5) is 0 Å². The zero-order valence-electron chi connectivity index (χ0n) is 13.4. The first-order valence-electron chi connectivity index (χ1n) is 8.42. The highest BCUT2D eigenvalue weighted by Crippen LogP contribution is 2.31. The molecule has 1 aliphatic carbocycles. The molecule has 2 heterocycles. The summed E-state index contributed by atoms with van der Waals surface area (Å²) >= 11 is 0. The van der Waals surface area contributed by atoms with E-state index >= 15 is 0 Å². The summed E-state index contributed by atoms with van der Waals surface area (Å²) in [6.45, 7) is 0.541. The number of hydrogen-bond donors (Lipinski definition) is 1. The average molecular weight is 324 g/mol. The topological polar surface area (TPSA) is 60.5 Å². The van der Waals surface area contributed by atoms with Gasteiger partial charge in [-0.3, -0.25) is 9.78 Å². The van der Waals surface area contributed by atoms with Crippen molar-refractivity contribution in [2.75, 3.05) is 6.61 Å². The van der Waals surface area contributed by atoms with E-state index in [0.717, 1.165) is 42.9 Å². The second-order valence-corrected chi connectivity index (χ2v) is 6.32. The van der Waals surface area contributed by atoms with Crippen molar-refractivity contribution in [3.05, 3.63) is 53.9 Å². The maximum Gasteiger partial charge on any atom is 0.251 e. The van der Waals surface area contributed by atoms with Gasteiger partial charge >= 0.3 is 0 Å². The van der Waals surface area contributed by atoms with Gasteiger partial charge in [0.25, 0.3) is 5.91 Å². The fourth-order valence-electron chi connectivity index (χ4n) is 2.77. The standard InChI is InChI=1S/C19H20N2O3/c22-19(21-14-5-6-14)13-9-10-20-15(11-13)7-8-16-12-23-17-3-1-2-4-18(17)24-16/h1-4,9-11,14,16H,5-8,12H2,(H,21,22). The molecule has 1 unspecified atom stereocenters. The Kier molecular flexibility index (Phi) is 4.07. The number of carbonyl (C=O) groups is 1. The van der Waals surface area contributed by atoms with E-state index in [0.29, 0.717) is 18.2 Å². The Balaban J connectivity index is 1.35. The van der Waals surface area contributed by atoms with E-state index in [1.165, 1.54) is 0 Å². The zero-order valence-corrected chi connectivity index (χ0v) is 13.4. The Hall–Kier alpha value is -2.56. The number of fused-ring (bicyclic) bond motifs is 1. The molecule has 1 amide bonds. The highest BCUT2D eigenvalue weighted by Gasteiger charge is 2.24. The summed E-state index contributed by atoms with van der Waals surface area (Å²) in [6, 6.07) is 11.7. The first-order valence-corrected chi connectivity index (χ1v) is 8.42. The predicted octanol–water partition coefficient (Wildman–Crippen LogP) is 2.75. The van der Waals surface area contributed by atoms with Crippen LogP contribution < -0.4 is 14.8 Å². The minimum Gasteiger partial charge on any atom is -0.486 e. The number of para-hydroxylation sites is 2. The lowest BCUT2D eigenvalue weighted by Crippen LogP contribution is -2.29. The maximum atomic E-state index is 12.1. The minimum absolute atomic E-state index is 0.00523. The molecule has 1 atom stereocenters. The molecule has 124 valence electrons. The molecule has 5 heteroatoms. The minimum atomic E-state index is -0.00710. The number of rotatable bonds is 5. The van der Waals surface area contributed by atoms with Gasteiger partial charge < -0.3 is 14.8 Å². The number of aryl methyl sites for hydroxylation is 1. The number of carbonyl (C=O) groups excluding carboxylic acids is 1. The molecular weight excluding hydrogens is 304 g/mol. The van der Waals surface area contributed by atoms with Crippen LogP contribution in [-0.4, -0.2) is 29.6 Å². The van der Waals surface area contributed by atoms with Crippen LogP contribution in [0.15, 0.2) is 42.6 Å². The van der Waals surface area contributed by atoms with Gasteiger partial charge in [0.2, 0.25) is 0 Å². The quantitative estimate of drug-likeness (QED) is 0.919. The lowest BCUT2D eigenvalue weighted by molar-refractivity contribution is 0.0849. The van der Waals surface area contributed by atoms with Gasteiger partial charge in [0.1, 0.15) is 12.7 Å². The van der Waals surface area contributed by atoms with Crippen LogP contribution in [-0.2, 0) is 6.42 Å². The monoisotopic (exact) mass is 324 g/mol. The second kappa shape index (κ2) is 6.51. The molecule has 1 aromatic heterocycles. The molecular formula is C19H20N2O3. The van der Waals surface area contributed by atoms with E-state index in [-0.39, 0.29) is 12.0 Å². The number of nitrogens with zero attached hydrogens (tertiary/aromatic N) is 1. The fraction of sp³-hybridized carbons (Fsp3) is 0.368. The van der Waals surface area contributed by atoms with E-state index in [4.69, 9.17) is 9.47 Å². The Morgan fingerprint density at radius 3 is 2.88 bits per heavy atom. The average Bonchev–Trinajstić information content (AvgIpc) is 3.44. The number of ether oxygens (including phenoxy) is 2. The molecule has 1 aliphatic heterocycles. The molecule has 0 bridgehead atoms. The van der Waals surface area contributed by atoms with Gasteiger partial charge in [0, 0.05) is 23.5 Å². The zero-order chi connectivity index (χ0) is 16.4. The molecule has 0 saturated heterocycles. The summed E-state index contributed by atoms with van der Waals surface area (Å²) < 4.78 is 11.7. The molecule has 4 rings (SSSR count). The van der Waals surface area contributed by atoms with Crippen molar-refractivity contribution in [3.63, 3.8) is 0 Å². The normalized spacial score (nSPS) is 18.9. The summed E-state index contributed by atoms with van der Waals surface area (Å²) in [5.41, 5.74) is 1.58. The van der Waals surface area contributed by atoms with Crippen molar-refractivity contribution in [1.82, 2.24) is 10.3 Å². The van der Waals surface area contributed by atoms with Crippen molar-refractivity contribution in [3.8, 4) is 11.5 Å². The molecule has 24 heavy (non-hydrogen) atoms. The van der Waals surface area contributed by atoms with Crippen LogP contribution in [0.5, 0.6) is 11.5 Å². The number of nitrogens with one attached hydrogen (secondary N) is 1. The van der Waals surface area contributed by atoms with E-state index < -0.39 is 0 Å². The molecule has 1 N–H and O–H groups in total. The third kappa shape index (κ3) is 3.50. The maximum absolute atomic E-state index is 12.1. The highest BCUT2D eigenvalue weighted by molar-refractivity contribution is 5.94. The summed E-state index contributed by atoms with van der Waals surface area (Å²) in [4.78, 5) is 16.5. The lowest BCUT2D eigenvalue weighted by Gasteiger charge is -2.26. The first kappa shape index (κ1) is 15.0. The van der Waals surface area contributed by atoms with Gasteiger partial charge in [-0.15, -0.1) is 0 Å². The SMILES string of the molecule is O=C(NC1CC1)c1ccnc(CCC2COc3ccccc3O2)c1. The number of pyridine rings is 1. The van der Waals surface area contributed by atoms with E-state index in [1.807, 2.05) is 30.3 Å². The smallest absolute Gasteiger partial charge is 0.251 e. The number of aromatic nitrogens is 1. The van der Waals surface area contributed by atoms with E-state index in [9.17, 15) is 4.79 Å². The number of amides is 1. The Morgan fingerprint density at radius 1 is 1.21 bits per heavy atom. The van der Waals surface area contributed by atoms with Crippen molar-refractivity contribution >= 4 is 5.91 Å². The van der Waals surface area contributed by atoms with Gasteiger partial charge in [-0.05, 0) is 49.9 Å². The van der Waals surface area contributed by atoms with E-state index in [1.54, 1.807) is 12.3 Å². The number of hydrogen-bond acceptors (Lipinski definition) is 4. The van der Waals surface area contributed by atoms with Crippen LogP contribution in [0.25, 0.3) is 0 Å². The van der Waals surface area contributed by atoms with Gasteiger partial charge in [0.15, 0.2) is 11.5 Å². The Bertz CT molecular complexity index is 743. The van der Waals surface area contributed by atoms with Crippen LogP contribution in [0, 0.1) is 0 Å². The molecule has 1 fully saturated rings. The van der Waals surface area contributed by atoms with Crippen LogP contribution in [0.2, 0.25) is 0 Å². The predicted molar refractivity (Wildman–Crippen MR) is 89.4 cm³/mol. The first-order chi connectivity index (χ1) is 11.8. The molecule has 0 spiro atoms.